The Morgan fingerprint density at radius 1 is 1.11 bits per heavy atom. The molecule has 2 aliphatic rings. The van der Waals surface area contributed by atoms with Crippen molar-refractivity contribution in [3.63, 3.8) is 0 Å². The molecule has 4 aromatic rings. The van der Waals surface area contributed by atoms with E-state index >= 15 is 0 Å². The maximum atomic E-state index is 13.9. The van der Waals surface area contributed by atoms with E-state index in [2.05, 4.69) is 15.3 Å². The van der Waals surface area contributed by atoms with Crippen molar-refractivity contribution in [3.8, 4) is 17.1 Å². The van der Waals surface area contributed by atoms with Crippen molar-refractivity contribution in [3.05, 3.63) is 87.8 Å². The molecular formula is C37H42ClF3N6O6S. The first-order chi connectivity index (χ1) is 25.7. The molecule has 54 heavy (non-hydrogen) atoms. The third-order valence-corrected chi connectivity index (χ3v) is 10.9. The SMILES string of the molecule is CC(C)(c1ncc(-c2ccc(Cl)cc2)o1)N1CCN(C[C@@H](O)C[C@@H](Cc2cncs2)C(=O)N[C@H]2c3ccccc3OC[C@H]2O)[C@H](C(=O)NCC(F)(F)F)C1. The minimum Gasteiger partial charge on any atom is -0.490 e. The number of nitrogens with one attached hydrogen (secondary N) is 2. The summed E-state index contributed by atoms with van der Waals surface area (Å²) in [4.78, 5) is 40.3. The molecule has 2 aromatic carbocycles. The van der Waals surface area contributed by atoms with E-state index in [1.165, 1.54) is 11.3 Å². The number of β-amino-alcohol motifs (C(OH)–C–C–N with tert-alkyl or cyclic N) is 1. The lowest BCUT2D eigenvalue weighted by atomic mass is 9.92. The molecule has 290 valence electrons. The Balaban J connectivity index is 1.17. The van der Waals surface area contributed by atoms with Crippen LogP contribution >= 0.6 is 22.9 Å². The number of nitrogens with zero attached hydrogens (tertiary/aromatic N) is 4. The summed E-state index contributed by atoms with van der Waals surface area (Å²) in [5.41, 5.74) is 2.15. The number of para-hydroxylation sites is 1. The zero-order chi connectivity index (χ0) is 38.6. The predicted molar refractivity (Wildman–Crippen MR) is 195 cm³/mol. The molecule has 17 heteroatoms. The van der Waals surface area contributed by atoms with Crippen LogP contribution in [0.3, 0.4) is 0 Å². The highest BCUT2D eigenvalue weighted by Crippen LogP contribution is 2.34. The molecule has 1 saturated heterocycles. The van der Waals surface area contributed by atoms with Gasteiger partial charge in [-0.25, -0.2) is 4.98 Å². The van der Waals surface area contributed by atoms with Crippen LogP contribution in [0.1, 0.15) is 42.6 Å². The van der Waals surface area contributed by atoms with E-state index in [4.69, 9.17) is 20.8 Å². The lowest BCUT2D eigenvalue weighted by Gasteiger charge is -2.46. The molecule has 2 aliphatic heterocycles. The minimum absolute atomic E-state index is 0.00783. The van der Waals surface area contributed by atoms with Gasteiger partial charge in [0.05, 0.1) is 29.4 Å². The van der Waals surface area contributed by atoms with Crippen LogP contribution in [0.2, 0.25) is 5.02 Å². The summed E-state index contributed by atoms with van der Waals surface area (Å²) in [6, 6.07) is 12.3. The van der Waals surface area contributed by atoms with Gasteiger partial charge in [0, 0.05) is 59.3 Å². The topological polar surface area (TPSA) is 153 Å². The quantitative estimate of drug-likeness (QED) is 0.152. The molecule has 2 amide bonds. The molecule has 0 bridgehead atoms. The van der Waals surface area contributed by atoms with Gasteiger partial charge >= 0.3 is 6.18 Å². The van der Waals surface area contributed by atoms with Crippen molar-refractivity contribution >= 4 is 34.8 Å². The van der Waals surface area contributed by atoms with Crippen molar-refractivity contribution in [2.75, 3.05) is 39.3 Å². The van der Waals surface area contributed by atoms with Gasteiger partial charge in [0.25, 0.3) is 0 Å². The molecule has 0 aliphatic carbocycles. The van der Waals surface area contributed by atoms with E-state index in [-0.39, 0.29) is 39.1 Å². The van der Waals surface area contributed by atoms with E-state index in [1.54, 1.807) is 71.3 Å². The molecule has 1 fully saturated rings. The highest BCUT2D eigenvalue weighted by molar-refractivity contribution is 7.09. The van der Waals surface area contributed by atoms with E-state index in [0.717, 1.165) is 10.4 Å². The molecular weight excluding hydrogens is 749 g/mol. The van der Waals surface area contributed by atoms with Crippen LogP contribution in [0.25, 0.3) is 11.3 Å². The third-order valence-electron chi connectivity index (χ3n) is 9.86. The smallest absolute Gasteiger partial charge is 0.405 e. The van der Waals surface area contributed by atoms with Crippen molar-refractivity contribution in [1.82, 2.24) is 30.4 Å². The normalized spacial score (nSPS) is 20.8. The van der Waals surface area contributed by atoms with Gasteiger partial charge in [-0.15, -0.1) is 11.3 Å². The van der Waals surface area contributed by atoms with Crippen LogP contribution in [0.4, 0.5) is 13.2 Å². The second kappa shape index (κ2) is 16.8. The van der Waals surface area contributed by atoms with Crippen molar-refractivity contribution in [2.45, 2.75) is 62.7 Å². The Kier molecular flexibility index (Phi) is 12.3. The van der Waals surface area contributed by atoms with Gasteiger partial charge in [-0.2, -0.15) is 13.2 Å². The number of amides is 2. The fourth-order valence-corrected chi connectivity index (χ4v) is 7.68. The average molecular weight is 791 g/mol. The number of piperazine rings is 1. The largest absolute Gasteiger partial charge is 0.490 e. The first-order valence-electron chi connectivity index (χ1n) is 17.5. The number of oxazole rings is 1. The number of hydrogen-bond donors (Lipinski definition) is 4. The summed E-state index contributed by atoms with van der Waals surface area (Å²) in [5.74, 6) is -0.610. The number of thiazole rings is 1. The lowest BCUT2D eigenvalue weighted by Crippen LogP contribution is -2.63. The molecule has 0 radical (unpaired) electrons. The Bertz CT molecular complexity index is 1880. The first kappa shape index (κ1) is 39.6. The summed E-state index contributed by atoms with van der Waals surface area (Å²) in [6.45, 7) is 2.70. The average Bonchev–Trinajstić information content (AvgIpc) is 3.85. The zero-order valence-corrected chi connectivity index (χ0v) is 31.2. The number of benzene rings is 2. The Hall–Kier alpha value is -4.06. The highest BCUT2D eigenvalue weighted by atomic mass is 35.5. The number of aromatic nitrogens is 2. The number of ether oxygens (including phenoxy) is 1. The number of aliphatic hydroxyl groups is 2. The van der Waals surface area contributed by atoms with Crippen LogP contribution in [-0.4, -0.2) is 106 Å². The van der Waals surface area contributed by atoms with Gasteiger partial charge in [0.2, 0.25) is 17.7 Å². The number of carbonyl (C=O) groups is 2. The summed E-state index contributed by atoms with van der Waals surface area (Å²) in [5, 5.41) is 27.8. The summed E-state index contributed by atoms with van der Waals surface area (Å²) in [7, 11) is 0. The van der Waals surface area contributed by atoms with Crippen LogP contribution in [0.5, 0.6) is 5.75 Å². The standard InChI is InChI=1S/C37H42ClF3N6O6S/c1-36(2,35-43-16-31(53-35)22-7-9-24(38)10-8-22)47-12-11-46(28(18-47)34(51)44-20-37(39,40)41)17-25(48)13-23(14-26-15-42-21-54-26)33(50)45-32-27-5-3-4-6-30(27)52-19-29(32)49/h3-10,15-16,21,23,25,28-29,32,48-49H,11-14,17-20H2,1-2H3,(H,44,51)(H,45,50)/t23-,25-,28-,29+,32-/m0/s1. The monoisotopic (exact) mass is 790 g/mol. The molecule has 0 spiro atoms. The molecule has 4 N–H and O–H groups in total. The number of aliphatic hydroxyl groups excluding tert-OH is 2. The lowest BCUT2D eigenvalue weighted by molar-refractivity contribution is -0.144. The van der Waals surface area contributed by atoms with Crippen molar-refractivity contribution in [1.29, 1.82) is 0 Å². The maximum absolute atomic E-state index is 13.9. The molecule has 12 nitrogen and oxygen atoms in total. The summed E-state index contributed by atoms with van der Waals surface area (Å²) >= 11 is 7.39. The number of rotatable bonds is 13. The van der Waals surface area contributed by atoms with E-state index in [9.17, 15) is 33.0 Å². The van der Waals surface area contributed by atoms with Crippen LogP contribution in [-0.2, 0) is 21.5 Å². The number of carbonyl (C=O) groups excluding carboxylic acids is 2. The third kappa shape index (κ3) is 9.59. The van der Waals surface area contributed by atoms with Gasteiger partial charge in [0.1, 0.15) is 31.0 Å². The van der Waals surface area contributed by atoms with E-state index < -0.39 is 60.3 Å². The Labute approximate surface area is 319 Å². The maximum Gasteiger partial charge on any atom is 0.405 e. The van der Waals surface area contributed by atoms with Gasteiger partial charge in [-0.3, -0.25) is 24.4 Å². The van der Waals surface area contributed by atoms with Gasteiger partial charge in [-0.05, 0) is 57.0 Å². The fraction of sp³-hybridized carbons (Fsp3) is 0.459. The molecule has 2 aromatic heterocycles. The first-order valence-corrected chi connectivity index (χ1v) is 18.7. The molecule has 4 heterocycles. The Morgan fingerprint density at radius 2 is 1.87 bits per heavy atom. The number of hydrogen-bond acceptors (Lipinski definition) is 11. The number of fused-ring (bicyclic) bond motifs is 1. The van der Waals surface area contributed by atoms with Gasteiger partial charge in [-0.1, -0.05) is 29.8 Å². The fourth-order valence-electron chi connectivity index (χ4n) is 6.88. The minimum atomic E-state index is -4.63. The van der Waals surface area contributed by atoms with Crippen LogP contribution < -0.4 is 15.4 Å². The second-order valence-corrected chi connectivity index (χ2v) is 15.5. The predicted octanol–water partition coefficient (Wildman–Crippen LogP) is 4.57. The van der Waals surface area contributed by atoms with Gasteiger partial charge in [0.15, 0.2) is 5.76 Å². The zero-order valence-electron chi connectivity index (χ0n) is 29.6. The second-order valence-electron chi connectivity index (χ2n) is 14.0. The molecule has 0 saturated carbocycles. The van der Waals surface area contributed by atoms with Crippen LogP contribution in [0.15, 0.2) is 70.9 Å². The Morgan fingerprint density at radius 3 is 2.59 bits per heavy atom. The summed E-state index contributed by atoms with van der Waals surface area (Å²) < 4.78 is 51.4. The van der Waals surface area contributed by atoms with Crippen molar-refractivity contribution < 1.29 is 42.1 Å². The number of halogens is 4. The summed E-state index contributed by atoms with van der Waals surface area (Å²) in [6.07, 6.45) is -3.33. The molecule has 0 unspecified atom stereocenters. The van der Waals surface area contributed by atoms with Crippen LogP contribution in [0, 0.1) is 5.92 Å². The van der Waals surface area contributed by atoms with E-state index in [0.29, 0.717) is 34.5 Å². The molecule has 5 atom stereocenters. The molecule has 6 rings (SSSR count). The van der Waals surface area contributed by atoms with Crippen molar-refractivity contribution in [2.24, 2.45) is 5.92 Å². The number of alkyl halides is 3. The van der Waals surface area contributed by atoms with Gasteiger partial charge < -0.3 is 30.0 Å². The van der Waals surface area contributed by atoms with E-state index in [1.807, 2.05) is 24.1 Å². The highest BCUT2D eigenvalue weighted by Gasteiger charge is 2.43.